The van der Waals surface area contributed by atoms with Crippen LogP contribution in [0.2, 0.25) is 0 Å². The summed E-state index contributed by atoms with van der Waals surface area (Å²) in [6, 6.07) is 5.50. The molecule has 2 saturated heterocycles. The number of halogens is 3. The summed E-state index contributed by atoms with van der Waals surface area (Å²) < 4.78 is 70.8. The zero-order valence-corrected chi connectivity index (χ0v) is 18.4. The third kappa shape index (κ3) is 4.81. The van der Waals surface area contributed by atoms with E-state index in [1.807, 2.05) is 17.9 Å². The number of anilines is 2. The predicted octanol–water partition coefficient (Wildman–Crippen LogP) is 2.15. The first kappa shape index (κ1) is 22.7. The maximum Gasteiger partial charge on any atom is 0.416 e. The highest BCUT2D eigenvalue weighted by atomic mass is 32.2. The number of hydrogen-bond acceptors (Lipinski definition) is 7. The van der Waals surface area contributed by atoms with Crippen LogP contribution in [-0.2, 0) is 20.9 Å². The van der Waals surface area contributed by atoms with Gasteiger partial charge in [-0.1, -0.05) is 0 Å². The molecule has 0 radical (unpaired) electrons. The first-order valence-corrected chi connectivity index (χ1v) is 11.7. The summed E-state index contributed by atoms with van der Waals surface area (Å²) in [6.45, 7) is 5.83. The highest BCUT2D eigenvalue weighted by Crippen LogP contribution is 2.30. The maximum absolute atomic E-state index is 12.9. The van der Waals surface area contributed by atoms with Crippen LogP contribution in [0, 0.1) is 6.92 Å². The summed E-state index contributed by atoms with van der Waals surface area (Å²) in [7, 11) is -3.88. The summed E-state index contributed by atoms with van der Waals surface area (Å²) in [6.07, 6.45) is -4.51. The molecule has 0 amide bonds. The van der Waals surface area contributed by atoms with Crippen molar-refractivity contribution < 1.29 is 26.3 Å². The lowest BCUT2D eigenvalue weighted by atomic mass is 10.2. The summed E-state index contributed by atoms with van der Waals surface area (Å²) in [4.78, 5) is 13.0. The Hall–Kier alpha value is -2.44. The van der Waals surface area contributed by atoms with Crippen LogP contribution in [0.4, 0.5) is 24.8 Å². The largest absolute Gasteiger partial charge is 0.416 e. The van der Waals surface area contributed by atoms with Crippen LogP contribution in [-0.4, -0.2) is 75.2 Å². The molecule has 0 saturated carbocycles. The van der Waals surface area contributed by atoms with E-state index in [9.17, 15) is 21.6 Å². The van der Waals surface area contributed by atoms with Gasteiger partial charge in [0.1, 0.15) is 17.5 Å². The van der Waals surface area contributed by atoms with E-state index in [1.165, 1.54) is 4.31 Å². The molecule has 8 nitrogen and oxygen atoms in total. The second-order valence-corrected chi connectivity index (χ2v) is 9.58. The molecule has 2 aromatic rings. The van der Waals surface area contributed by atoms with Gasteiger partial charge in [0.05, 0.1) is 23.7 Å². The second kappa shape index (κ2) is 8.83. The maximum atomic E-state index is 12.9. The Morgan fingerprint density at radius 3 is 1.94 bits per heavy atom. The number of benzene rings is 1. The molecule has 2 fully saturated rings. The van der Waals surface area contributed by atoms with Crippen molar-refractivity contribution >= 4 is 21.7 Å². The first-order valence-electron chi connectivity index (χ1n) is 10.3. The number of nitrogens with zero attached hydrogens (tertiary/aromatic N) is 5. The molecule has 2 aliphatic heterocycles. The minimum atomic E-state index is -4.51. The number of rotatable bonds is 4. The van der Waals surface area contributed by atoms with Gasteiger partial charge in [-0.2, -0.15) is 17.5 Å². The number of morpholine rings is 1. The van der Waals surface area contributed by atoms with Gasteiger partial charge in [-0.3, -0.25) is 0 Å². The molecule has 0 aliphatic carbocycles. The van der Waals surface area contributed by atoms with E-state index in [-0.39, 0.29) is 18.0 Å². The fourth-order valence-corrected chi connectivity index (χ4v) is 5.20. The fourth-order valence-electron chi connectivity index (χ4n) is 3.78. The Morgan fingerprint density at radius 1 is 0.875 bits per heavy atom. The minimum absolute atomic E-state index is 0.147. The van der Waals surface area contributed by atoms with Crippen molar-refractivity contribution in [3.63, 3.8) is 0 Å². The third-order valence-corrected chi connectivity index (χ3v) is 7.44. The Morgan fingerprint density at radius 2 is 1.41 bits per heavy atom. The zero-order chi connectivity index (χ0) is 22.9. The van der Waals surface area contributed by atoms with Crippen molar-refractivity contribution in [3.05, 3.63) is 41.7 Å². The van der Waals surface area contributed by atoms with E-state index < -0.39 is 21.8 Å². The molecular weight excluding hydrogens is 447 g/mol. The van der Waals surface area contributed by atoms with Crippen LogP contribution >= 0.6 is 0 Å². The molecule has 0 N–H and O–H groups in total. The van der Waals surface area contributed by atoms with Crippen LogP contribution in [0.25, 0.3) is 0 Å². The quantitative estimate of drug-likeness (QED) is 0.676. The number of sulfonamides is 1. The van der Waals surface area contributed by atoms with Gasteiger partial charge in [0.25, 0.3) is 0 Å². The Labute approximate surface area is 184 Å². The van der Waals surface area contributed by atoms with Gasteiger partial charge < -0.3 is 14.5 Å². The lowest BCUT2D eigenvalue weighted by Gasteiger charge is -2.35. The van der Waals surface area contributed by atoms with Crippen molar-refractivity contribution in [1.29, 1.82) is 0 Å². The fraction of sp³-hybridized carbons (Fsp3) is 0.500. The molecule has 2 aliphatic rings. The van der Waals surface area contributed by atoms with Gasteiger partial charge in [-0.25, -0.2) is 18.4 Å². The van der Waals surface area contributed by atoms with Crippen LogP contribution in [0.1, 0.15) is 11.4 Å². The molecule has 1 aromatic heterocycles. The number of ether oxygens (including phenoxy) is 1. The van der Waals surface area contributed by atoms with Crippen molar-refractivity contribution in [2.75, 3.05) is 62.3 Å². The van der Waals surface area contributed by atoms with Gasteiger partial charge >= 0.3 is 6.18 Å². The highest BCUT2D eigenvalue weighted by molar-refractivity contribution is 7.89. The monoisotopic (exact) mass is 471 g/mol. The van der Waals surface area contributed by atoms with Crippen LogP contribution in [0.15, 0.2) is 35.2 Å². The van der Waals surface area contributed by atoms with Gasteiger partial charge in [0.15, 0.2) is 0 Å². The van der Waals surface area contributed by atoms with E-state index in [0.29, 0.717) is 32.1 Å². The number of piperazine rings is 1. The molecule has 174 valence electrons. The van der Waals surface area contributed by atoms with Gasteiger partial charge in [0, 0.05) is 45.3 Å². The smallest absolute Gasteiger partial charge is 0.378 e. The lowest BCUT2D eigenvalue weighted by molar-refractivity contribution is -0.137. The van der Waals surface area contributed by atoms with E-state index >= 15 is 0 Å². The topological polar surface area (TPSA) is 78.9 Å². The Balaban J connectivity index is 1.45. The molecule has 0 atom stereocenters. The molecule has 4 rings (SSSR count). The normalized spacial score (nSPS) is 18.8. The average molecular weight is 472 g/mol. The van der Waals surface area contributed by atoms with Crippen LogP contribution in [0.3, 0.4) is 0 Å². The predicted molar refractivity (Wildman–Crippen MR) is 112 cm³/mol. The number of alkyl halides is 3. The number of hydrogen-bond donors (Lipinski definition) is 0. The summed E-state index contributed by atoms with van der Waals surface area (Å²) in [5.74, 6) is 2.17. The zero-order valence-electron chi connectivity index (χ0n) is 17.5. The van der Waals surface area contributed by atoms with Crippen molar-refractivity contribution in [2.24, 2.45) is 0 Å². The minimum Gasteiger partial charge on any atom is -0.378 e. The van der Waals surface area contributed by atoms with Crippen LogP contribution < -0.4 is 9.80 Å². The summed E-state index contributed by atoms with van der Waals surface area (Å²) in [5, 5.41) is 0. The van der Waals surface area contributed by atoms with Crippen molar-refractivity contribution in [3.8, 4) is 0 Å². The standard InChI is InChI=1S/C20H24F3N5O3S/c1-15-24-18(14-19(25-15)27-10-12-31-13-11-27)26-6-8-28(9-7-26)32(29,30)17-4-2-16(3-5-17)20(21,22)23/h2-5,14H,6-13H2,1H3. The molecule has 3 heterocycles. The lowest BCUT2D eigenvalue weighted by Crippen LogP contribution is -2.49. The SMILES string of the molecule is Cc1nc(N2CCOCC2)cc(N2CCN(S(=O)(=O)c3ccc(C(F)(F)F)cc3)CC2)n1. The number of aromatic nitrogens is 2. The van der Waals surface area contributed by atoms with Crippen LogP contribution in [0.5, 0.6) is 0 Å². The van der Waals surface area contributed by atoms with Gasteiger partial charge in [-0.15, -0.1) is 0 Å². The molecule has 0 unspecified atom stereocenters. The molecule has 32 heavy (non-hydrogen) atoms. The Bertz CT molecular complexity index is 1050. The van der Waals surface area contributed by atoms with Crippen molar-refractivity contribution in [2.45, 2.75) is 18.0 Å². The number of aryl methyl sites for hydroxylation is 1. The second-order valence-electron chi connectivity index (χ2n) is 7.64. The van der Waals surface area contributed by atoms with Gasteiger partial charge in [-0.05, 0) is 31.2 Å². The van der Waals surface area contributed by atoms with E-state index in [1.54, 1.807) is 0 Å². The van der Waals surface area contributed by atoms with E-state index in [4.69, 9.17) is 4.74 Å². The van der Waals surface area contributed by atoms with Crippen molar-refractivity contribution in [1.82, 2.24) is 14.3 Å². The van der Waals surface area contributed by atoms with Gasteiger partial charge in [0.2, 0.25) is 10.0 Å². The first-order chi connectivity index (χ1) is 15.1. The molecule has 12 heteroatoms. The summed E-state index contributed by atoms with van der Waals surface area (Å²) in [5.41, 5.74) is -0.878. The van der Waals surface area contributed by atoms with E-state index in [0.717, 1.165) is 49.0 Å². The molecule has 0 bridgehead atoms. The molecular formula is C20H24F3N5O3S. The summed E-state index contributed by atoms with van der Waals surface area (Å²) >= 11 is 0. The Kier molecular flexibility index (Phi) is 6.28. The molecule has 1 aromatic carbocycles. The molecule has 0 spiro atoms. The average Bonchev–Trinajstić information content (AvgIpc) is 2.79. The van der Waals surface area contributed by atoms with E-state index in [2.05, 4.69) is 14.9 Å². The highest BCUT2D eigenvalue weighted by Gasteiger charge is 2.33. The third-order valence-electron chi connectivity index (χ3n) is 5.53.